The molecule has 0 saturated carbocycles. The van der Waals surface area contributed by atoms with Gasteiger partial charge in [-0.15, -0.1) is 0 Å². The smallest absolute Gasteiger partial charge is 0.144 e. The van der Waals surface area contributed by atoms with Crippen molar-refractivity contribution in [1.29, 1.82) is 0 Å². The molecule has 0 aliphatic carbocycles. The van der Waals surface area contributed by atoms with Crippen LogP contribution in [-0.4, -0.2) is 27.0 Å². The van der Waals surface area contributed by atoms with Gasteiger partial charge in [0, 0.05) is 17.5 Å². The average molecular weight is 240 g/mol. The van der Waals surface area contributed by atoms with E-state index in [9.17, 15) is 0 Å². The number of hydrogen-bond donors (Lipinski definition) is 0. The van der Waals surface area contributed by atoms with E-state index in [1.807, 2.05) is 32.2 Å². The molecule has 4 nitrogen and oxygen atoms in total. The topological polar surface area (TPSA) is 43.6 Å². The first kappa shape index (κ1) is 10.5. The highest BCUT2D eigenvalue weighted by molar-refractivity contribution is 7.07. The number of nitrogens with zero attached hydrogens (tertiary/aromatic N) is 4. The summed E-state index contributed by atoms with van der Waals surface area (Å²) in [7, 11) is 7.53. The second-order valence-electron chi connectivity index (χ2n) is 3.88. The van der Waals surface area contributed by atoms with E-state index in [0.717, 1.165) is 27.3 Å². The lowest BCUT2D eigenvalue weighted by Crippen LogP contribution is -2.04. The molecule has 0 saturated heterocycles. The van der Waals surface area contributed by atoms with E-state index in [1.165, 1.54) is 11.5 Å². The summed E-state index contributed by atoms with van der Waals surface area (Å²) in [5.74, 6) is 0. The Morgan fingerprint density at radius 2 is 2.18 bits per heavy atom. The maximum Gasteiger partial charge on any atom is 0.144 e. The summed E-state index contributed by atoms with van der Waals surface area (Å²) in [5.41, 5.74) is 4.17. The number of fused-ring (bicyclic) bond motifs is 1. The molecule has 3 aromatic heterocycles. The summed E-state index contributed by atoms with van der Waals surface area (Å²) >= 11 is 1.47. The summed E-state index contributed by atoms with van der Waals surface area (Å²) < 4.78 is 6.05. The Morgan fingerprint density at radius 3 is 2.88 bits per heavy atom. The van der Waals surface area contributed by atoms with Crippen molar-refractivity contribution in [3.05, 3.63) is 23.1 Å². The molecule has 0 bridgehead atoms. The fraction of sp³-hybridized carbons (Fsp3) is 0.182. The second kappa shape index (κ2) is 3.66. The number of hydrogen-bond acceptors (Lipinski definition) is 4. The van der Waals surface area contributed by atoms with Gasteiger partial charge in [0.1, 0.15) is 18.9 Å². The number of pyridine rings is 1. The Kier molecular flexibility index (Phi) is 2.26. The Balaban J connectivity index is 2.23. The van der Waals surface area contributed by atoms with E-state index in [0.29, 0.717) is 5.59 Å². The first-order valence-electron chi connectivity index (χ1n) is 5.18. The lowest BCUT2D eigenvalue weighted by molar-refractivity contribution is 0.782. The molecule has 82 valence electrons. The van der Waals surface area contributed by atoms with Crippen LogP contribution >= 0.6 is 11.5 Å². The zero-order valence-electron chi connectivity index (χ0n) is 9.51. The molecule has 3 rings (SSSR count). The van der Waals surface area contributed by atoms with Crippen LogP contribution in [0.2, 0.25) is 0 Å². The minimum Gasteiger partial charge on any atom is -0.267 e. The van der Waals surface area contributed by atoms with Gasteiger partial charge in [0.05, 0.1) is 11.4 Å². The molecule has 0 amide bonds. The third kappa shape index (κ3) is 1.65. The molecule has 0 aromatic carbocycles. The monoisotopic (exact) mass is 240 g/mol. The van der Waals surface area contributed by atoms with Crippen molar-refractivity contribution in [1.82, 2.24) is 19.1 Å². The molecule has 0 spiro atoms. The maximum absolute atomic E-state index is 5.67. The van der Waals surface area contributed by atoms with Crippen molar-refractivity contribution < 1.29 is 0 Å². The van der Waals surface area contributed by atoms with Gasteiger partial charge in [0.2, 0.25) is 0 Å². The molecule has 6 heteroatoms. The molecule has 3 heterocycles. The van der Waals surface area contributed by atoms with Crippen LogP contribution in [0, 0.1) is 6.92 Å². The van der Waals surface area contributed by atoms with Crippen LogP contribution in [0.1, 0.15) is 4.88 Å². The van der Waals surface area contributed by atoms with Crippen LogP contribution in [0.15, 0.2) is 18.2 Å². The summed E-state index contributed by atoms with van der Waals surface area (Å²) in [5, 5.41) is 4.12. The molecular weight excluding hydrogens is 231 g/mol. The van der Waals surface area contributed by atoms with Gasteiger partial charge in [-0.05, 0) is 36.7 Å². The van der Waals surface area contributed by atoms with E-state index < -0.39 is 0 Å². The number of rotatable bonds is 1. The fourth-order valence-corrected chi connectivity index (χ4v) is 2.44. The van der Waals surface area contributed by atoms with Crippen molar-refractivity contribution in [2.24, 2.45) is 7.05 Å². The molecule has 2 radical (unpaired) electrons. The van der Waals surface area contributed by atoms with Gasteiger partial charge in [0.15, 0.2) is 0 Å². The highest BCUT2D eigenvalue weighted by Crippen LogP contribution is 2.23. The summed E-state index contributed by atoms with van der Waals surface area (Å²) in [6.07, 6.45) is 0. The van der Waals surface area contributed by atoms with Crippen LogP contribution in [0.5, 0.6) is 0 Å². The normalized spacial score (nSPS) is 11.2. The van der Waals surface area contributed by atoms with E-state index >= 15 is 0 Å². The third-order valence-electron chi connectivity index (χ3n) is 2.65. The van der Waals surface area contributed by atoms with Crippen LogP contribution in [0.3, 0.4) is 0 Å². The first-order chi connectivity index (χ1) is 8.15. The molecule has 0 atom stereocenters. The summed E-state index contributed by atoms with van der Waals surface area (Å²) in [6.45, 7) is 2.02. The number of aromatic nitrogens is 4. The first-order valence-corrected chi connectivity index (χ1v) is 5.95. The van der Waals surface area contributed by atoms with Crippen molar-refractivity contribution in [2.75, 3.05) is 0 Å². The van der Waals surface area contributed by atoms with Crippen molar-refractivity contribution in [3.63, 3.8) is 0 Å². The number of aryl methyl sites for hydroxylation is 2. The quantitative estimate of drug-likeness (QED) is 0.600. The van der Waals surface area contributed by atoms with Gasteiger partial charge in [-0.3, -0.25) is 4.68 Å². The zero-order valence-corrected chi connectivity index (χ0v) is 10.3. The standard InChI is InChI=1S/C11H9BN4S/c1-6-11-8(15-17-6)4-3-7(13-11)9-5-10(12)14-16(9)2/h3-5H,1-2H3. The molecule has 0 N–H and O–H groups in total. The Hall–Kier alpha value is -1.69. The highest BCUT2D eigenvalue weighted by atomic mass is 32.1. The van der Waals surface area contributed by atoms with E-state index in [4.69, 9.17) is 7.85 Å². The van der Waals surface area contributed by atoms with Crippen LogP contribution in [-0.2, 0) is 7.05 Å². The fourth-order valence-electron chi connectivity index (χ4n) is 1.82. The van der Waals surface area contributed by atoms with Gasteiger partial charge < -0.3 is 0 Å². The lowest BCUT2D eigenvalue weighted by Gasteiger charge is -2.01. The Morgan fingerprint density at radius 1 is 1.35 bits per heavy atom. The minimum atomic E-state index is 0.504. The predicted molar refractivity (Wildman–Crippen MR) is 69.7 cm³/mol. The van der Waals surface area contributed by atoms with Crippen LogP contribution in [0.4, 0.5) is 0 Å². The maximum atomic E-state index is 5.67. The molecular formula is C11H9BN4S. The molecule has 0 unspecified atom stereocenters. The average Bonchev–Trinajstić information content (AvgIpc) is 2.83. The van der Waals surface area contributed by atoms with Crippen molar-refractivity contribution >= 4 is 36.0 Å². The zero-order chi connectivity index (χ0) is 12.0. The Bertz CT molecular complexity index is 701. The molecule has 0 aliphatic rings. The second-order valence-corrected chi connectivity index (χ2v) is 4.86. The predicted octanol–water partition coefficient (Wildman–Crippen LogP) is 1.19. The lowest BCUT2D eigenvalue weighted by atomic mass is 10.0. The van der Waals surface area contributed by atoms with E-state index in [1.54, 1.807) is 4.68 Å². The molecule has 3 aromatic rings. The highest BCUT2D eigenvalue weighted by Gasteiger charge is 2.09. The van der Waals surface area contributed by atoms with Gasteiger partial charge in [-0.1, -0.05) is 0 Å². The largest absolute Gasteiger partial charge is 0.267 e. The van der Waals surface area contributed by atoms with Gasteiger partial charge in [0.25, 0.3) is 0 Å². The van der Waals surface area contributed by atoms with E-state index in [2.05, 4.69) is 14.5 Å². The van der Waals surface area contributed by atoms with Gasteiger partial charge in [-0.2, -0.15) is 9.47 Å². The Labute approximate surface area is 104 Å². The molecule has 0 fully saturated rings. The summed E-state index contributed by atoms with van der Waals surface area (Å²) in [4.78, 5) is 5.73. The molecule has 17 heavy (non-hydrogen) atoms. The van der Waals surface area contributed by atoms with Gasteiger partial charge in [-0.25, -0.2) is 4.98 Å². The molecule has 0 aliphatic heterocycles. The van der Waals surface area contributed by atoms with E-state index in [-0.39, 0.29) is 0 Å². The summed E-state index contributed by atoms with van der Waals surface area (Å²) in [6, 6.07) is 5.74. The SMILES string of the molecule is [B]c1cc(-c2ccc3nsc(C)c3n2)n(C)n1. The minimum absolute atomic E-state index is 0.504. The van der Waals surface area contributed by atoms with Crippen molar-refractivity contribution in [3.8, 4) is 11.4 Å². The van der Waals surface area contributed by atoms with Gasteiger partial charge >= 0.3 is 0 Å². The van der Waals surface area contributed by atoms with Crippen LogP contribution in [0.25, 0.3) is 22.4 Å². The van der Waals surface area contributed by atoms with Crippen LogP contribution < -0.4 is 5.59 Å². The van der Waals surface area contributed by atoms with Crippen molar-refractivity contribution in [2.45, 2.75) is 6.92 Å². The third-order valence-corrected chi connectivity index (χ3v) is 3.40.